The van der Waals surface area contributed by atoms with Crippen LogP contribution in [0.5, 0.6) is 0 Å². The summed E-state index contributed by atoms with van der Waals surface area (Å²) in [5.41, 5.74) is 2.68. The number of hydrogen-bond acceptors (Lipinski definition) is 7. The smallest absolute Gasteiger partial charge is 0.262 e. The van der Waals surface area contributed by atoms with Gasteiger partial charge >= 0.3 is 0 Å². The van der Waals surface area contributed by atoms with Gasteiger partial charge in [-0.25, -0.2) is 0 Å². The van der Waals surface area contributed by atoms with Gasteiger partial charge in [-0.3, -0.25) is 29.0 Å². The maximum atomic E-state index is 16.0. The van der Waals surface area contributed by atoms with Crippen LogP contribution >= 0.6 is 51.2 Å². The number of amides is 4. The van der Waals surface area contributed by atoms with Crippen molar-refractivity contribution in [3.8, 4) is 0 Å². The Morgan fingerprint density at radius 2 is 0.590 bits per heavy atom. The number of imide groups is 2. The maximum absolute atomic E-state index is 16.0. The number of rotatable bonds is 40. The number of thioether (sulfide) groups is 3. The van der Waals surface area contributed by atoms with E-state index in [1.165, 1.54) is 19.3 Å². The van der Waals surface area contributed by atoms with E-state index in [9.17, 15) is 0 Å². The Hall–Kier alpha value is -2.79. The minimum absolute atomic E-state index is 0.127. The standard InChI is InChI=1S/C68H97BrN2O4S3/c1-8-15-22-29-36-47(37-30-23-16-9-2)70-65(72)59-53(69)43-49-50-44-55(77-41-34-27-20-13-6)61-64-58(50)52(51-45-54(76-40-33-26-19-12-5)60(66(70)73)63(59)57(49)51)46-56(78-42-35-28-21-14-7)62(64)68(75)71(67(61)74)48(38-31-24-17-10-3)39-32-25-18-11-4/h43-48H,8-42H2,1-7H3. The zero-order valence-electron chi connectivity index (χ0n) is 49.3. The van der Waals surface area contributed by atoms with E-state index in [1.54, 1.807) is 45.1 Å². The highest BCUT2D eigenvalue weighted by Crippen LogP contribution is 2.54. The van der Waals surface area contributed by atoms with Crippen molar-refractivity contribution in [1.82, 2.24) is 9.80 Å². The van der Waals surface area contributed by atoms with Gasteiger partial charge in [-0.15, -0.1) is 35.3 Å². The fraction of sp³-hybridized carbons (Fsp3) is 0.647. The summed E-state index contributed by atoms with van der Waals surface area (Å²) in [6.07, 6.45) is 34.3. The average molecular weight is 1180 g/mol. The highest BCUT2D eigenvalue weighted by atomic mass is 79.9. The number of fused-ring (bicyclic) bond motifs is 2. The molecule has 7 rings (SSSR count). The van der Waals surface area contributed by atoms with Crippen LogP contribution in [0.2, 0.25) is 0 Å². The molecule has 0 radical (unpaired) electrons. The second kappa shape index (κ2) is 32.2. The van der Waals surface area contributed by atoms with Crippen LogP contribution in [0.25, 0.3) is 43.1 Å². The number of unbranched alkanes of at least 4 members (excludes halogenated alkanes) is 21. The van der Waals surface area contributed by atoms with Crippen molar-refractivity contribution in [3.05, 3.63) is 51.0 Å². The number of carbonyl (C=O) groups excluding carboxylic acids is 4. The van der Waals surface area contributed by atoms with Crippen LogP contribution in [0.3, 0.4) is 0 Å². The summed E-state index contributed by atoms with van der Waals surface area (Å²) in [7, 11) is 0. The van der Waals surface area contributed by atoms with E-state index in [1.807, 2.05) is 0 Å². The first-order valence-corrected chi connectivity index (χ1v) is 35.5. The molecule has 2 heterocycles. The van der Waals surface area contributed by atoms with Gasteiger partial charge in [0.2, 0.25) is 0 Å². The third kappa shape index (κ3) is 14.5. The van der Waals surface area contributed by atoms with Crippen LogP contribution in [-0.4, -0.2) is 62.8 Å². The molecule has 0 atom stereocenters. The minimum atomic E-state index is -0.184. The predicted molar refractivity (Wildman–Crippen MR) is 344 cm³/mol. The van der Waals surface area contributed by atoms with Crippen molar-refractivity contribution >= 4 is 118 Å². The molecule has 4 amide bonds. The summed E-state index contributed by atoms with van der Waals surface area (Å²) in [6.45, 7) is 15.7. The highest BCUT2D eigenvalue weighted by molar-refractivity contribution is 9.10. The first kappa shape index (κ1) is 62.8. The first-order chi connectivity index (χ1) is 38.1. The summed E-state index contributed by atoms with van der Waals surface area (Å²) < 4.78 is 0.703. The number of carbonyl (C=O) groups is 4. The Kier molecular flexibility index (Phi) is 25.9. The zero-order valence-corrected chi connectivity index (χ0v) is 53.4. The lowest BCUT2D eigenvalue weighted by atomic mass is 9.81. The zero-order chi connectivity index (χ0) is 55.6. The molecule has 5 aromatic rings. The Morgan fingerprint density at radius 1 is 0.333 bits per heavy atom. The van der Waals surface area contributed by atoms with E-state index in [-0.39, 0.29) is 35.7 Å². The van der Waals surface area contributed by atoms with Gasteiger partial charge in [-0.05, 0) is 135 Å². The Labute approximate surface area is 492 Å². The molecule has 6 nitrogen and oxygen atoms in total. The molecule has 0 saturated heterocycles. The molecule has 0 bridgehead atoms. The number of benzene rings is 5. The topological polar surface area (TPSA) is 74.8 Å². The lowest BCUT2D eigenvalue weighted by molar-refractivity contribution is 0.0497. The van der Waals surface area contributed by atoms with Crippen LogP contribution in [0, 0.1) is 0 Å². The molecule has 0 unspecified atom stereocenters. The minimum Gasteiger partial charge on any atom is -0.271 e. The Bertz CT molecular complexity index is 2740. The summed E-state index contributed by atoms with van der Waals surface area (Å²) in [5.74, 6) is 2.04. The van der Waals surface area contributed by atoms with Crippen molar-refractivity contribution in [2.45, 2.75) is 281 Å². The second-order valence-corrected chi connectivity index (χ2v) is 27.3. The molecule has 10 heteroatoms. The lowest BCUT2D eigenvalue weighted by Crippen LogP contribution is -2.47. The number of halogens is 1. The highest BCUT2D eigenvalue weighted by Gasteiger charge is 2.44. The predicted octanol–water partition coefficient (Wildman–Crippen LogP) is 22.3. The molecule has 0 aliphatic carbocycles. The van der Waals surface area contributed by atoms with Gasteiger partial charge in [0.1, 0.15) is 0 Å². The van der Waals surface area contributed by atoms with Crippen LogP contribution in [-0.2, 0) is 0 Å². The third-order valence-corrected chi connectivity index (χ3v) is 21.0. The summed E-state index contributed by atoms with van der Waals surface area (Å²) in [5, 5.41) is 7.46. The van der Waals surface area contributed by atoms with E-state index in [0.29, 0.717) is 26.7 Å². The molecule has 5 aromatic carbocycles. The fourth-order valence-electron chi connectivity index (χ4n) is 12.7. The normalized spacial score (nSPS) is 13.8. The molecule has 2 aliphatic rings. The van der Waals surface area contributed by atoms with Crippen molar-refractivity contribution in [2.75, 3.05) is 17.3 Å². The van der Waals surface area contributed by atoms with Crippen molar-refractivity contribution < 1.29 is 19.2 Å². The van der Waals surface area contributed by atoms with E-state index in [4.69, 9.17) is 0 Å². The van der Waals surface area contributed by atoms with Crippen LogP contribution in [0.4, 0.5) is 0 Å². The van der Waals surface area contributed by atoms with E-state index >= 15 is 19.2 Å². The van der Waals surface area contributed by atoms with Crippen LogP contribution in [0.15, 0.2) is 43.4 Å². The molecule has 0 fully saturated rings. The average Bonchev–Trinajstić information content (AvgIpc) is 2.90. The van der Waals surface area contributed by atoms with Crippen LogP contribution in [0.1, 0.15) is 295 Å². The second-order valence-electron chi connectivity index (χ2n) is 23.1. The lowest BCUT2D eigenvalue weighted by Gasteiger charge is -2.37. The molecular formula is C68H97BrN2O4S3. The molecule has 78 heavy (non-hydrogen) atoms. The van der Waals surface area contributed by atoms with Crippen molar-refractivity contribution in [3.63, 3.8) is 0 Å². The monoisotopic (exact) mass is 1180 g/mol. The molecule has 0 aromatic heterocycles. The number of hydrogen-bond donors (Lipinski definition) is 0. The van der Waals surface area contributed by atoms with Crippen molar-refractivity contribution in [1.29, 1.82) is 0 Å². The van der Waals surface area contributed by atoms with Crippen LogP contribution < -0.4 is 0 Å². The van der Waals surface area contributed by atoms with Gasteiger partial charge in [-0.2, -0.15) is 0 Å². The van der Waals surface area contributed by atoms with Gasteiger partial charge in [0.15, 0.2) is 0 Å². The summed E-state index contributed by atoms with van der Waals surface area (Å²) in [6, 6.07) is 8.69. The largest absolute Gasteiger partial charge is 0.271 e. The summed E-state index contributed by atoms with van der Waals surface area (Å²) >= 11 is 9.42. The third-order valence-electron chi connectivity index (χ3n) is 17.0. The molecule has 0 spiro atoms. The Morgan fingerprint density at radius 3 is 0.885 bits per heavy atom. The fourth-order valence-corrected chi connectivity index (χ4v) is 16.6. The van der Waals surface area contributed by atoms with Gasteiger partial charge in [0, 0.05) is 42.0 Å². The molecular weight excluding hydrogens is 1080 g/mol. The van der Waals surface area contributed by atoms with Gasteiger partial charge in [0.05, 0.1) is 22.3 Å². The summed E-state index contributed by atoms with van der Waals surface area (Å²) in [4.78, 5) is 69.7. The van der Waals surface area contributed by atoms with E-state index < -0.39 is 0 Å². The molecule has 0 saturated carbocycles. The first-order valence-electron chi connectivity index (χ1n) is 31.8. The van der Waals surface area contributed by atoms with Gasteiger partial charge in [0.25, 0.3) is 23.6 Å². The quantitative estimate of drug-likeness (QED) is 0.0127. The Balaban J connectivity index is 1.54. The number of nitrogens with zero attached hydrogens (tertiary/aromatic N) is 2. The van der Waals surface area contributed by atoms with E-state index in [2.05, 4.69) is 88.7 Å². The van der Waals surface area contributed by atoms with Gasteiger partial charge in [-0.1, -0.05) is 209 Å². The van der Waals surface area contributed by atoms with Crippen molar-refractivity contribution in [2.24, 2.45) is 0 Å². The molecule has 0 N–H and O–H groups in total. The van der Waals surface area contributed by atoms with E-state index in [0.717, 1.165) is 261 Å². The van der Waals surface area contributed by atoms with Gasteiger partial charge < -0.3 is 0 Å². The molecule has 428 valence electrons. The SMILES string of the molecule is CCCCCCSc1cc2c3cc(SCCCCCC)c4c5c(c(SCCCCCC)cc(c6cc(Br)c7c(c1C(=O)N(C(CCCCCC)CCCCCC)C7=O)c62)c53)C(=O)N(C(CCCCCC)CCCCCC)C4=O. The molecule has 2 aliphatic heterocycles. The maximum Gasteiger partial charge on any atom is 0.262 e.